The van der Waals surface area contributed by atoms with Crippen LogP contribution in [0.3, 0.4) is 0 Å². The van der Waals surface area contributed by atoms with Crippen LogP contribution in [-0.2, 0) is 22.3 Å². The molecule has 118 valence electrons. The number of aryl methyl sites for hydroxylation is 1. The van der Waals surface area contributed by atoms with Crippen LogP contribution < -0.4 is 0 Å². The second-order valence-corrected chi connectivity index (χ2v) is 6.94. The van der Waals surface area contributed by atoms with Gasteiger partial charge in [-0.3, -0.25) is 10.1 Å². The van der Waals surface area contributed by atoms with Gasteiger partial charge in [-0.25, -0.2) is 12.7 Å². The van der Waals surface area contributed by atoms with E-state index in [2.05, 4.69) is 5.16 Å². The van der Waals surface area contributed by atoms with Gasteiger partial charge in [0.1, 0.15) is 17.2 Å². The van der Waals surface area contributed by atoms with Crippen LogP contribution in [0.1, 0.15) is 17.0 Å². The largest absolute Gasteiger partial charge is 0.361 e. The third-order valence-corrected chi connectivity index (χ3v) is 4.77. The van der Waals surface area contributed by atoms with Gasteiger partial charge in [-0.05, 0) is 12.5 Å². The maximum Gasteiger partial charge on any atom is 0.269 e. The fourth-order valence-corrected chi connectivity index (χ4v) is 2.94. The zero-order valence-electron chi connectivity index (χ0n) is 12.1. The Hall–Kier alpha value is -2.26. The molecular weight excluding hydrogens is 310 g/mol. The van der Waals surface area contributed by atoms with Gasteiger partial charge in [0.25, 0.3) is 5.69 Å². The predicted molar refractivity (Wildman–Crippen MR) is 78.4 cm³/mol. The highest BCUT2D eigenvalue weighted by Crippen LogP contribution is 2.16. The molecule has 1 heterocycles. The summed E-state index contributed by atoms with van der Waals surface area (Å²) in [6.45, 7) is 1.81. The van der Waals surface area contributed by atoms with Crippen molar-refractivity contribution in [1.29, 1.82) is 0 Å². The molecule has 0 saturated carbocycles. The van der Waals surface area contributed by atoms with E-state index in [4.69, 9.17) is 4.52 Å². The fourth-order valence-electron chi connectivity index (χ4n) is 1.86. The normalized spacial score (nSPS) is 11.8. The summed E-state index contributed by atoms with van der Waals surface area (Å²) in [4.78, 5) is 10.1. The molecule has 0 unspecified atom stereocenters. The lowest BCUT2D eigenvalue weighted by Gasteiger charge is -2.16. The van der Waals surface area contributed by atoms with E-state index in [0.717, 1.165) is 0 Å². The summed E-state index contributed by atoms with van der Waals surface area (Å²) in [5.74, 6) is 0.289. The first-order valence-electron chi connectivity index (χ1n) is 6.37. The summed E-state index contributed by atoms with van der Waals surface area (Å²) >= 11 is 0. The van der Waals surface area contributed by atoms with Crippen LogP contribution in [0.2, 0.25) is 0 Å². The molecule has 0 fully saturated rings. The number of aromatic nitrogens is 1. The first-order valence-corrected chi connectivity index (χ1v) is 7.98. The molecule has 0 spiro atoms. The van der Waals surface area contributed by atoms with Crippen molar-refractivity contribution in [2.75, 3.05) is 7.05 Å². The van der Waals surface area contributed by atoms with Crippen LogP contribution in [0.5, 0.6) is 0 Å². The second kappa shape index (κ2) is 6.24. The molecule has 0 radical (unpaired) electrons. The fraction of sp³-hybridized carbons (Fsp3) is 0.308. The highest BCUT2D eigenvalue weighted by atomic mass is 32.2. The van der Waals surface area contributed by atoms with E-state index in [0.29, 0.717) is 17.0 Å². The molecule has 1 aromatic carbocycles. The van der Waals surface area contributed by atoms with Crippen molar-refractivity contribution in [2.45, 2.75) is 19.2 Å². The first-order chi connectivity index (χ1) is 10.3. The van der Waals surface area contributed by atoms with Crippen molar-refractivity contribution in [3.8, 4) is 0 Å². The third kappa shape index (κ3) is 3.89. The van der Waals surface area contributed by atoms with Gasteiger partial charge < -0.3 is 4.52 Å². The number of sulfonamides is 1. The molecular formula is C13H15N3O5S. The Labute approximate surface area is 127 Å². The number of benzene rings is 1. The molecule has 2 rings (SSSR count). The van der Waals surface area contributed by atoms with Gasteiger partial charge in [0, 0.05) is 31.8 Å². The molecule has 0 amide bonds. The minimum atomic E-state index is -3.55. The molecule has 1 aromatic heterocycles. The van der Waals surface area contributed by atoms with Crippen molar-refractivity contribution in [3.05, 3.63) is 57.5 Å². The zero-order valence-corrected chi connectivity index (χ0v) is 12.9. The molecule has 0 aliphatic heterocycles. The molecule has 9 heteroatoms. The van der Waals surface area contributed by atoms with Crippen molar-refractivity contribution < 1.29 is 17.9 Å². The number of nitro groups is 1. The summed E-state index contributed by atoms with van der Waals surface area (Å²) in [6, 6.07) is 7.32. The second-order valence-electron chi connectivity index (χ2n) is 4.86. The lowest BCUT2D eigenvalue weighted by molar-refractivity contribution is -0.384. The lowest BCUT2D eigenvalue weighted by Crippen LogP contribution is -2.27. The van der Waals surface area contributed by atoms with Crippen LogP contribution in [0.25, 0.3) is 0 Å². The first kappa shape index (κ1) is 16.1. The number of non-ortho nitro benzene ring substituents is 1. The molecule has 0 bridgehead atoms. The van der Waals surface area contributed by atoms with Crippen LogP contribution >= 0.6 is 0 Å². The highest BCUT2D eigenvalue weighted by Gasteiger charge is 2.21. The number of nitrogens with zero attached hydrogens (tertiary/aromatic N) is 3. The SMILES string of the molecule is Cc1cc(CS(=O)(=O)N(C)Cc2ccc([N+](=O)[O-])cc2)no1. The lowest BCUT2D eigenvalue weighted by atomic mass is 10.2. The Kier molecular flexibility index (Phi) is 4.57. The van der Waals surface area contributed by atoms with Gasteiger partial charge in [-0.15, -0.1) is 0 Å². The Morgan fingerprint density at radius 1 is 1.32 bits per heavy atom. The van der Waals surface area contributed by atoms with E-state index in [-0.39, 0.29) is 18.0 Å². The zero-order chi connectivity index (χ0) is 16.3. The van der Waals surface area contributed by atoms with E-state index in [1.807, 2.05) is 0 Å². The van der Waals surface area contributed by atoms with Gasteiger partial charge in [0.05, 0.1) is 4.92 Å². The molecule has 0 atom stereocenters. The number of rotatable bonds is 6. The summed E-state index contributed by atoms with van der Waals surface area (Å²) in [6.07, 6.45) is 0. The minimum absolute atomic E-state index is 0.0349. The summed E-state index contributed by atoms with van der Waals surface area (Å²) in [7, 11) is -2.10. The van der Waals surface area contributed by atoms with Crippen LogP contribution in [0, 0.1) is 17.0 Å². The Balaban J connectivity index is 2.06. The van der Waals surface area contributed by atoms with Crippen molar-refractivity contribution >= 4 is 15.7 Å². The molecule has 8 nitrogen and oxygen atoms in total. The maximum absolute atomic E-state index is 12.2. The van der Waals surface area contributed by atoms with Gasteiger partial charge in [0.2, 0.25) is 10.0 Å². The Bertz CT molecular complexity index is 767. The molecule has 0 aliphatic carbocycles. The van der Waals surface area contributed by atoms with Gasteiger partial charge >= 0.3 is 0 Å². The van der Waals surface area contributed by atoms with Gasteiger partial charge in [-0.1, -0.05) is 17.3 Å². The Morgan fingerprint density at radius 3 is 2.45 bits per heavy atom. The quantitative estimate of drug-likeness (QED) is 0.592. The van der Waals surface area contributed by atoms with Crippen LogP contribution in [0.4, 0.5) is 5.69 Å². The topological polar surface area (TPSA) is 107 Å². The standard InChI is InChI=1S/C13H15N3O5S/c1-10-7-12(14-21-10)9-22(19,20)15(2)8-11-3-5-13(6-4-11)16(17)18/h3-7H,8-9H2,1-2H3. The molecule has 0 aliphatic rings. The van der Waals surface area contributed by atoms with E-state index >= 15 is 0 Å². The molecule has 0 saturated heterocycles. The number of hydrogen-bond acceptors (Lipinski definition) is 6. The van der Waals surface area contributed by atoms with Crippen LogP contribution in [-0.4, -0.2) is 29.9 Å². The maximum atomic E-state index is 12.2. The molecule has 2 aromatic rings. The predicted octanol–water partition coefficient (Wildman–Crippen LogP) is 1.85. The monoisotopic (exact) mass is 325 g/mol. The van der Waals surface area contributed by atoms with E-state index < -0.39 is 14.9 Å². The average molecular weight is 325 g/mol. The van der Waals surface area contributed by atoms with Crippen molar-refractivity contribution in [1.82, 2.24) is 9.46 Å². The third-order valence-electron chi connectivity index (χ3n) is 3.03. The summed E-state index contributed by atoms with van der Waals surface area (Å²) < 4.78 is 30.5. The Morgan fingerprint density at radius 2 is 1.95 bits per heavy atom. The van der Waals surface area contributed by atoms with Crippen molar-refractivity contribution in [3.63, 3.8) is 0 Å². The van der Waals surface area contributed by atoms with Gasteiger partial charge in [-0.2, -0.15) is 0 Å². The summed E-state index contributed by atoms with van der Waals surface area (Å²) in [5, 5.41) is 14.2. The highest BCUT2D eigenvalue weighted by molar-refractivity contribution is 7.88. The van der Waals surface area contributed by atoms with E-state index in [9.17, 15) is 18.5 Å². The number of hydrogen-bond donors (Lipinski definition) is 0. The summed E-state index contributed by atoms with van der Waals surface area (Å²) in [5.41, 5.74) is 0.966. The molecule has 0 N–H and O–H groups in total. The number of nitro benzene ring substituents is 1. The minimum Gasteiger partial charge on any atom is -0.361 e. The smallest absolute Gasteiger partial charge is 0.269 e. The van der Waals surface area contributed by atoms with Crippen molar-refractivity contribution in [2.24, 2.45) is 0 Å². The van der Waals surface area contributed by atoms with Crippen LogP contribution in [0.15, 0.2) is 34.9 Å². The molecule has 22 heavy (non-hydrogen) atoms. The van der Waals surface area contributed by atoms with E-state index in [1.165, 1.54) is 35.6 Å². The van der Waals surface area contributed by atoms with E-state index in [1.54, 1.807) is 13.0 Å². The average Bonchev–Trinajstić information content (AvgIpc) is 2.83. The van der Waals surface area contributed by atoms with Gasteiger partial charge in [0.15, 0.2) is 0 Å².